The number of nitrogens with zero attached hydrogens (tertiary/aromatic N) is 1. The summed E-state index contributed by atoms with van der Waals surface area (Å²) in [6.07, 6.45) is 2.95. The van der Waals surface area contributed by atoms with Gasteiger partial charge in [-0.15, -0.1) is 11.3 Å². The number of rotatable bonds is 5. The number of thiazole rings is 1. The number of imide groups is 1. The average molecular weight is 347 g/mol. The highest BCUT2D eigenvalue weighted by atomic mass is 32.1. The molecule has 7 heteroatoms. The second kappa shape index (κ2) is 7.72. The predicted molar refractivity (Wildman–Crippen MR) is 94.1 cm³/mol. The van der Waals surface area contributed by atoms with Crippen molar-refractivity contribution in [1.29, 1.82) is 0 Å². The number of benzene rings is 1. The Labute approximate surface area is 145 Å². The molecular formula is C17H23N4O2S+. The molecule has 0 radical (unpaired) electrons. The molecule has 1 aromatic carbocycles. The van der Waals surface area contributed by atoms with Gasteiger partial charge in [-0.2, -0.15) is 0 Å². The van der Waals surface area contributed by atoms with Crippen LogP contribution in [0.4, 0.5) is 4.79 Å². The Morgan fingerprint density at radius 2 is 2.21 bits per heavy atom. The third-order valence-corrected chi connectivity index (χ3v) is 5.42. The summed E-state index contributed by atoms with van der Waals surface area (Å²) in [6, 6.07) is 7.95. The van der Waals surface area contributed by atoms with E-state index >= 15 is 0 Å². The zero-order valence-corrected chi connectivity index (χ0v) is 14.6. The van der Waals surface area contributed by atoms with E-state index in [0.29, 0.717) is 13.1 Å². The Morgan fingerprint density at radius 1 is 1.38 bits per heavy atom. The summed E-state index contributed by atoms with van der Waals surface area (Å²) in [5.41, 5.74) is 1.02. The summed E-state index contributed by atoms with van der Waals surface area (Å²) in [7, 11) is 0. The number of carbonyl (C=O) groups is 2. The first-order valence-electron chi connectivity index (χ1n) is 8.45. The zero-order valence-electron chi connectivity index (χ0n) is 13.8. The lowest BCUT2D eigenvalue weighted by molar-refractivity contribution is -0.910. The SMILES string of the molecule is CCCNC(=O)NC(=O)C[NH+]1CCC[C@@H]1c1nc2ccccc2s1. The molecule has 0 aliphatic carbocycles. The normalized spacial score (nSPS) is 20.2. The fourth-order valence-electron chi connectivity index (χ4n) is 3.12. The Balaban J connectivity index is 1.63. The topological polar surface area (TPSA) is 75.5 Å². The van der Waals surface area contributed by atoms with E-state index in [9.17, 15) is 9.59 Å². The van der Waals surface area contributed by atoms with E-state index in [1.165, 1.54) is 9.60 Å². The monoisotopic (exact) mass is 347 g/mol. The van der Waals surface area contributed by atoms with Crippen molar-refractivity contribution >= 4 is 33.5 Å². The highest BCUT2D eigenvalue weighted by Gasteiger charge is 2.34. The van der Waals surface area contributed by atoms with Crippen LogP contribution in [0.5, 0.6) is 0 Å². The molecule has 3 rings (SSSR count). The molecule has 6 nitrogen and oxygen atoms in total. The second-order valence-corrected chi connectivity index (χ2v) is 7.17. The number of nitrogens with one attached hydrogen (secondary N) is 3. The second-order valence-electron chi connectivity index (χ2n) is 6.10. The molecule has 3 amide bonds. The van der Waals surface area contributed by atoms with Crippen LogP contribution in [-0.2, 0) is 4.79 Å². The Kier molecular flexibility index (Phi) is 5.42. The minimum atomic E-state index is -0.406. The van der Waals surface area contributed by atoms with Gasteiger partial charge >= 0.3 is 6.03 Å². The summed E-state index contributed by atoms with van der Waals surface area (Å²) in [4.78, 5) is 29.6. The van der Waals surface area contributed by atoms with E-state index in [1.807, 2.05) is 25.1 Å². The highest BCUT2D eigenvalue weighted by molar-refractivity contribution is 7.18. The number of likely N-dealkylation sites (tertiary alicyclic amines) is 1. The van der Waals surface area contributed by atoms with E-state index < -0.39 is 6.03 Å². The minimum absolute atomic E-state index is 0.230. The maximum absolute atomic E-state index is 12.1. The van der Waals surface area contributed by atoms with Crippen LogP contribution in [0.25, 0.3) is 10.2 Å². The first-order valence-corrected chi connectivity index (χ1v) is 9.26. The van der Waals surface area contributed by atoms with E-state index in [0.717, 1.165) is 36.3 Å². The van der Waals surface area contributed by atoms with Gasteiger partial charge in [-0.25, -0.2) is 9.78 Å². The van der Waals surface area contributed by atoms with Crippen LogP contribution in [0.3, 0.4) is 0 Å². The number of hydrogen-bond donors (Lipinski definition) is 3. The standard InChI is InChI=1S/C17H22N4O2S/c1-2-9-18-17(23)20-15(22)11-21-10-5-7-13(21)16-19-12-6-3-4-8-14(12)24-16/h3-4,6,8,13H,2,5,7,9-11H2,1H3,(H2,18,20,22,23)/p+1/t13-/m1/s1. The lowest BCUT2D eigenvalue weighted by Crippen LogP contribution is -3.11. The fourth-order valence-corrected chi connectivity index (χ4v) is 4.28. The van der Waals surface area contributed by atoms with Crippen molar-refractivity contribution in [2.24, 2.45) is 0 Å². The number of hydrogen-bond acceptors (Lipinski definition) is 4. The summed E-state index contributed by atoms with van der Waals surface area (Å²) >= 11 is 1.71. The van der Waals surface area contributed by atoms with Gasteiger partial charge in [0.25, 0.3) is 5.91 Å². The lowest BCUT2D eigenvalue weighted by Gasteiger charge is -2.19. The number of fused-ring (bicyclic) bond motifs is 1. The molecule has 1 aliphatic rings. The molecule has 128 valence electrons. The Bertz CT molecular complexity index is 697. The van der Waals surface area contributed by atoms with Crippen LogP contribution in [-0.4, -0.2) is 36.6 Å². The first kappa shape index (κ1) is 16.9. The molecule has 1 fully saturated rings. The van der Waals surface area contributed by atoms with Crippen LogP contribution in [0.1, 0.15) is 37.2 Å². The fraction of sp³-hybridized carbons (Fsp3) is 0.471. The summed E-state index contributed by atoms with van der Waals surface area (Å²) in [5.74, 6) is -0.230. The number of quaternary nitrogens is 1. The van der Waals surface area contributed by atoms with Crippen molar-refractivity contribution < 1.29 is 14.5 Å². The molecule has 0 saturated carbocycles. The molecule has 1 aliphatic heterocycles. The van der Waals surface area contributed by atoms with Crippen molar-refractivity contribution in [2.45, 2.75) is 32.2 Å². The van der Waals surface area contributed by atoms with Gasteiger partial charge in [-0.3, -0.25) is 10.1 Å². The molecule has 2 heterocycles. The maximum Gasteiger partial charge on any atom is 0.321 e. The van der Waals surface area contributed by atoms with Crippen molar-refractivity contribution in [1.82, 2.24) is 15.6 Å². The number of para-hydroxylation sites is 1. The van der Waals surface area contributed by atoms with Gasteiger partial charge in [-0.05, 0) is 18.6 Å². The summed E-state index contributed by atoms with van der Waals surface area (Å²) < 4.78 is 1.18. The third kappa shape index (κ3) is 3.91. The number of urea groups is 1. The summed E-state index contributed by atoms with van der Waals surface area (Å²) in [5, 5.41) is 6.16. The van der Waals surface area contributed by atoms with Crippen LogP contribution in [0.15, 0.2) is 24.3 Å². The number of aromatic nitrogens is 1. The van der Waals surface area contributed by atoms with E-state index in [1.54, 1.807) is 11.3 Å². The van der Waals surface area contributed by atoms with Crippen LogP contribution < -0.4 is 15.5 Å². The van der Waals surface area contributed by atoms with E-state index in [4.69, 9.17) is 4.98 Å². The first-order chi connectivity index (χ1) is 11.7. The van der Waals surface area contributed by atoms with Gasteiger partial charge in [-0.1, -0.05) is 19.1 Å². The molecule has 24 heavy (non-hydrogen) atoms. The molecule has 1 saturated heterocycles. The zero-order chi connectivity index (χ0) is 16.9. The number of amides is 3. The summed E-state index contributed by atoms with van der Waals surface area (Å²) in [6.45, 7) is 3.79. The molecular weight excluding hydrogens is 324 g/mol. The molecule has 2 atom stereocenters. The van der Waals surface area contributed by atoms with Crippen molar-refractivity contribution in [2.75, 3.05) is 19.6 Å². The Hall–Kier alpha value is -1.99. The van der Waals surface area contributed by atoms with Gasteiger partial charge in [0.1, 0.15) is 6.04 Å². The molecule has 3 N–H and O–H groups in total. The van der Waals surface area contributed by atoms with Gasteiger partial charge in [0.2, 0.25) is 0 Å². The quantitative estimate of drug-likeness (QED) is 0.762. The smallest absolute Gasteiger partial charge is 0.321 e. The molecule has 1 aromatic heterocycles. The third-order valence-electron chi connectivity index (χ3n) is 4.27. The molecule has 0 bridgehead atoms. The van der Waals surface area contributed by atoms with Gasteiger partial charge < -0.3 is 10.2 Å². The lowest BCUT2D eigenvalue weighted by atomic mass is 10.2. The number of carbonyl (C=O) groups excluding carboxylic acids is 2. The Morgan fingerprint density at radius 3 is 3.00 bits per heavy atom. The van der Waals surface area contributed by atoms with Crippen molar-refractivity contribution in [3.05, 3.63) is 29.3 Å². The highest BCUT2D eigenvalue weighted by Crippen LogP contribution is 2.28. The predicted octanol–water partition coefficient (Wildman–Crippen LogP) is 1.25. The average Bonchev–Trinajstić information content (AvgIpc) is 3.18. The molecule has 1 unspecified atom stereocenters. The van der Waals surface area contributed by atoms with Crippen LogP contribution in [0, 0.1) is 0 Å². The van der Waals surface area contributed by atoms with Gasteiger partial charge in [0.05, 0.1) is 16.8 Å². The van der Waals surface area contributed by atoms with E-state index in [2.05, 4.69) is 16.7 Å². The largest absolute Gasteiger partial charge is 0.338 e. The van der Waals surface area contributed by atoms with Crippen molar-refractivity contribution in [3.8, 4) is 0 Å². The molecule has 0 spiro atoms. The van der Waals surface area contributed by atoms with Gasteiger partial charge in [0.15, 0.2) is 11.6 Å². The van der Waals surface area contributed by atoms with Crippen molar-refractivity contribution in [3.63, 3.8) is 0 Å². The minimum Gasteiger partial charge on any atom is -0.338 e. The van der Waals surface area contributed by atoms with Crippen LogP contribution >= 0.6 is 11.3 Å². The van der Waals surface area contributed by atoms with Crippen LogP contribution in [0.2, 0.25) is 0 Å². The molecule has 2 aromatic rings. The van der Waals surface area contributed by atoms with E-state index in [-0.39, 0.29) is 11.9 Å². The van der Waals surface area contributed by atoms with Gasteiger partial charge in [0, 0.05) is 19.4 Å². The maximum atomic E-state index is 12.1.